The van der Waals surface area contributed by atoms with Gasteiger partial charge >= 0.3 is 0 Å². The summed E-state index contributed by atoms with van der Waals surface area (Å²) in [6, 6.07) is 7.29. The van der Waals surface area contributed by atoms with Crippen LogP contribution in [0.15, 0.2) is 30.5 Å². The van der Waals surface area contributed by atoms with Crippen molar-refractivity contribution in [3.05, 3.63) is 46.7 Å². The lowest BCUT2D eigenvalue weighted by Crippen LogP contribution is -2.47. The Morgan fingerprint density at radius 2 is 2.00 bits per heavy atom. The molecule has 0 atom stereocenters. The summed E-state index contributed by atoms with van der Waals surface area (Å²) in [6.45, 7) is 3.03. The predicted octanol–water partition coefficient (Wildman–Crippen LogP) is 2.58. The molecule has 1 fully saturated rings. The van der Waals surface area contributed by atoms with Gasteiger partial charge in [0.1, 0.15) is 0 Å². The Hall–Kier alpha value is -1.90. The lowest BCUT2D eigenvalue weighted by Gasteiger charge is -2.35. The minimum absolute atomic E-state index is 0.0643. The van der Waals surface area contributed by atoms with Gasteiger partial charge < -0.3 is 4.90 Å². The summed E-state index contributed by atoms with van der Waals surface area (Å²) in [4.78, 5) is 14.9. The zero-order valence-electron chi connectivity index (χ0n) is 16.3. The number of benzene rings is 1. The highest BCUT2D eigenvalue weighted by atomic mass is 35.5. The van der Waals surface area contributed by atoms with E-state index in [9.17, 15) is 13.2 Å². The number of likely N-dealkylation sites (tertiary alicyclic amines) is 1. The number of halogens is 1. The van der Waals surface area contributed by atoms with Crippen molar-refractivity contribution in [3.63, 3.8) is 0 Å². The molecular formula is C19H25ClN4O3S. The number of sulfonamides is 1. The Kier molecular flexibility index (Phi) is 6.12. The Bertz CT molecular complexity index is 965. The van der Waals surface area contributed by atoms with E-state index in [0.717, 1.165) is 11.4 Å². The smallest absolute Gasteiger partial charge is 0.257 e. The third kappa shape index (κ3) is 4.24. The monoisotopic (exact) mass is 424 g/mol. The minimum Gasteiger partial charge on any atom is -0.338 e. The third-order valence-corrected chi connectivity index (χ3v) is 6.86. The molecule has 0 spiro atoms. The van der Waals surface area contributed by atoms with Crippen molar-refractivity contribution in [2.45, 2.75) is 32.2 Å². The fraction of sp³-hybridized carbons (Fsp3) is 0.474. The highest BCUT2D eigenvalue weighted by molar-refractivity contribution is 7.88. The molecule has 1 aromatic heterocycles. The van der Waals surface area contributed by atoms with Gasteiger partial charge in [0.05, 0.1) is 29.4 Å². The lowest BCUT2D eigenvalue weighted by atomic mass is 10.0. The number of amides is 1. The van der Waals surface area contributed by atoms with Crippen LogP contribution in [0, 0.1) is 0 Å². The highest BCUT2D eigenvalue weighted by Crippen LogP contribution is 2.23. The molecule has 0 bridgehead atoms. The Morgan fingerprint density at radius 1 is 1.32 bits per heavy atom. The molecule has 28 heavy (non-hydrogen) atoms. The fourth-order valence-corrected chi connectivity index (χ4v) is 4.53. The van der Waals surface area contributed by atoms with Crippen molar-refractivity contribution < 1.29 is 13.2 Å². The number of piperidine rings is 1. The zero-order chi connectivity index (χ0) is 20.5. The van der Waals surface area contributed by atoms with Crippen molar-refractivity contribution in [1.82, 2.24) is 19.0 Å². The first kappa shape index (κ1) is 20.8. The molecule has 152 valence electrons. The number of carbonyl (C=O) groups is 1. The predicted molar refractivity (Wildman–Crippen MR) is 109 cm³/mol. The molecule has 1 aliphatic rings. The summed E-state index contributed by atoms with van der Waals surface area (Å²) in [7, 11) is -1.63. The van der Waals surface area contributed by atoms with E-state index in [-0.39, 0.29) is 11.9 Å². The van der Waals surface area contributed by atoms with E-state index < -0.39 is 10.0 Å². The number of carbonyl (C=O) groups excluding carboxylic acids is 1. The maximum absolute atomic E-state index is 13.1. The Morgan fingerprint density at radius 3 is 2.57 bits per heavy atom. The first-order valence-electron chi connectivity index (χ1n) is 9.27. The van der Waals surface area contributed by atoms with E-state index in [1.165, 1.54) is 10.6 Å². The van der Waals surface area contributed by atoms with Crippen LogP contribution in [0.5, 0.6) is 0 Å². The molecular weight excluding hydrogens is 400 g/mol. The van der Waals surface area contributed by atoms with Crippen LogP contribution in [0.4, 0.5) is 0 Å². The molecule has 7 nitrogen and oxygen atoms in total. The number of aromatic nitrogens is 2. The van der Waals surface area contributed by atoms with Crippen molar-refractivity contribution in [3.8, 4) is 5.69 Å². The zero-order valence-corrected chi connectivity index (χ0v) is 17.9. The van der Waals surface area contributed by atoms with E-state index in [4.69, 9.17) is 11.6 Å². The number of nitrogens with zero attached hydrogens (tertiary/aromatic N) is 4. The van der Waals surface area contributed by atoms with Gasteiger partial charge in [0.2, 0.25) is 10.0 Å². The van der Waals surface area contributed by atoms with Crippen LogP contribution in [0.2, 0.25) is 5.02 Å². The van der Waals surface area contributed by atoms with E-state index in [1.54, 1.807) is 28.9 Å². The summed E-state index contributed by atoms with van der Waals surface area (Å²) < 4.78 is 26.6. The molecule has 3 rings (SSSR count). The second kappa shape index (κ2) is 8.23. The van der Waals surface area contributed by atoms with Crippen molar-refractivity contribution in [2.75, 3.05) is 26.4 Å². The molecule has 1 amide bonds. The SMILES string of the molecule is CCc1c(C(=O)N2CCC(N(C)S(C)(=O)=O)CC2)cnn1-c1cccc(Cl)c1. The second-order valence-corrected chi connectivity index (χ2v) is 9.53. The van der Waals surface area contributed by atoms with Gasteiger partial charge in [-0.2, -0.15) is 5.10 Å². The van der Waals surface area contributed by atoms with Gasteiger partial charge in [0.25, 0.3) is 5.91 Å². The maximum atomic E-state index is 13.1. The standard InChI is InChI=1S/C19H25ClN4O3S/c1-4-18-17(13-21-24(18)16-7-5-6-14(20)12-16)19(25)23-10-8-15(9-11-23)22(2)28(3,26)27/h5-7,12-13,15H,4,8-11H2,1-3H3. The van der Waals surface area contributed by atoms with Gasteiger partial charge in [-0.25, -0.2) is 17.4 Å². The summed E-state index contributed by atoms with van der Waals surface area (Å²) >= 11 is 6.09. The van der Waals surface area contributed by atoms with Crippen LogP contribution in [-0.4, -0.2) is 65.7 Å². The second-order valence-electron chi connectivity index (χ2n) is 7.05. The van der Waals surface area contributed by atoms with Crippen molar-refractivity contribution in [2.24, 2.45) is 0 Å². The molecule has 0 unspecified atom stereocenters. The van der Waals surface area contributed by atoms with Crippen LogP contribution in [-0.2, 0) is 16.4 Å². The van der Waals surface area contributed by atoms with E-state index in [2.05, 4.69) is 5.10 Å². The molecule has 0 aliphatic carbocycles. The van der Waals surface area contributed by atoms with E-state index >= 15 is 0 Å². The van der Waals surface area contributed by atoms with Gasteiger partial charge in [-0.1, -0.05) is 24.6 Å². The molecule has 0 radical (unpaired) electrons. The summed E-state index contributed by atoms with van der Waals surface area (Å²) in [6.07, 6.45) is 4.72. The highest BCUT2D eigenvalue weighted by Gasteiger charge is 2.30. The maximum Gasteiger partial charge on any atom is 0.257 e. The summed E-state index contributed by atoms with van der Waals surface area (Å²) in [5, 5.41) is 5.02. The average Bonchev–Trinajstić information content (AvgIpc) is 3.10. The Balaban J connectivity index is 1.77. The Labute approximate surface area is 170 Å². The third-order valence-electron chi connectivity index (χ3n) is 5.28. The quantitative estimate of drug-likeness (QED) is 0.739. The number of hydrogen-bond acceptors (Lipinski definition) is 4. The van der Waals surface area contributed by atoms with Crippen molar-refractivity contribution >= 4 is 27.5 Å². The lowest BCUT2D eigenvalue weighted by molar-refractivity contribution is 0.0685. The molecule has 1 saturated heterocycles. The van der Waals surface area contributed by atoms with Crippen LogP contribution >= 0.6 is 11.6 Å². The summed E-state index contributed by atoms with van der Waals surface area (Å²) in [5.74, 6) is -0.0643. The number of rotatable bonds is 5. The first-order chi connectivity index (χ1) is 13.2. The van der Waals surface area contributed by atoms with Crippen molar-refractivity contribution in [1.29, 1.82) is 0 Å². The summed E-state index contributed by atoms with van der Waals surface area (Å²) in [5.41, 5.74) is 2.23. The molecule has 1 aromatic carbocycles. The van der Waals surface area contributed by atoms with Crippen LogP contribution in [0.3, 0.4) is 0 Å². The van der Waals surface area contributed by atoms with E-state index in [1.807, 2.05) is 25.1 Å². The van der Waals surface area contributed by atoms with Crippen LogP contribution in [0.25, 0.3) is 5.69 Å². The topological polar surface area (TPSA) is 75.5 Å². The van der Waals surface area contributed by atoms with Crippen LogP contribution in [0.1, 0.15) is 35.8 Å². The molecule has 2 heterocycles. The molecule has 9 heteroatoms. The van der Waals surface area contributed by atoms with Gasteiger partial charge in [-0.05, 0) is 37.5 Å². The first-order valence-corrected chi connectivity index (χ1v) is 11.5. The van der Waals surface area contributed by atoms with Gasteiger partial charge in [0, 0.05) is 31.2 Å². The fourth-order valence-electron chi connectivity index (χ4n) is 3.60. The number of hydrogen-bond donors (Lipinski definition) is 0. The molecule has 0 N–H and O–H groups in total. The minimum atomic E-state index is -3.23. The van der Waals surface area contributed by atoms with Gasteiger partial charge in [-0.15, -0.1) is 0 Å². The largest absolute Gasteiger partial charge is 0.338 e. The molecule has 1 aliphatic heterocycles. The van der Waals surface area contributed by atoms with Crippen LogP contribution < -0.4 is 0 Å². The van der Waals surface area contributed by atoms with Gasteiger partial charge in [0.15, 0.2) is 0 Å². The molecule has 2 aromatic rings. The van der Waals surface area contributed by atoms with E-state index in [0.29, 0.717) is 42.9 Å². The van der Waals surface area contributed by atoms with Gasteiger partial charge in [-0.3, -0.25) is 4.79 Å². The average molecular weight is 425 g/mol. The normalized spacial score (nSPS) is 16.0. The molecule has 0 saturated carbocycles.